The third-order valence-electron chi connectivity index (χ3n) is 3.51. The van der Waals surface area contributed by atoms with E-state index in [1.807, 2.05) is 0 Å². The van der Waals surface area contributed by atoms with Crippen LogP contribution >= 0.6 is 0 Å². The molecule has 18 heavy (non-hydrogen) atoms. The average molecular weight is 258 g/mol. The van der Waals surface area contributed by atoms with Gasteiger partial charge in [0, 0.05) is 6.04 Å². The Labute approximate surface area is 104 Å². The van der Waals surface area contributed by atoms with E-state index in [0.29, 0.717) is 5.92 Å². The van der Waals surface area contributed by atoms with Gasteiger partial charge >= 0.3 is 6.18 Å². The van der Waals surface area contributed by atoms with Crippen LogP contribution in [0.3, 0.4) is 0 Å². The summed E-state index contributed by atoms with van der Waals surface area (Å²) in [7, 11) is 0. The third-order valence-corrected chi connectivity index (χ3v) is 3.51. The van der Waals surface area contributed by atoms with Gasteiger partial charge in [-0.2, -0.15) is 13.2 Å². The van der Waals surface area contributed by atoms with Crippen LogP contribution in [0.1, 0.15) is 30.0 Å². The predicted octanol–water partition coefficient (Wildman–Crippen LogP) is 2.70. The first-order valence-corrected chi connectivity index (χ1v) is 6.12. The average Bonchev–Trinajstić information content (AvgIpc) is 2.38. The molecule has 1 aromatic carbocycles. The molecule has 0 radical (unpaired) electrons. The lowest BCUT2D eigenvalue weighted by Crippen LogP contribution is -2.33. The molecule has 3 N–H and O–H groups in total. The van der Waals surface area contributed by atoms with Gasteiger partial charge in [0.2, 0.25) is 0 Å². The van der Waals surface area contributed by atoms with E-state index in [9.17, 15) is 13.2 Å². The zero-order valence-corrected chi connectivity index (χ0v) is 10.0. The maximum Gasteiger partial charge on any atom is 0.416 e. The molecule has 0 aromatic heterocycles. The number of benzene rings is 1. The summed E-state index contributed by atoms with van der Waals surface area (Å²) in [6.45, 7) is 1.86. The highest BCUT2D eigenvalue weighted by molar-refractivity contribution is 5.27. The lowest BCUT2D eigenvalue weighted by molar-refractivity contribution is -0.137. The Kier molecular flexibility index (Phi) is 3.92. The van der Waals surface area contributed by atoms with E-state index in [4.69, 9.17) is 5.73 Å². The first kappa shape index (κ1) is 13.4. The fraction of sp³-hybridized carbons (Fsp3) is 0.538. The Balaban J connectivity index is 2.09. The Bertz CT molecular complexity index is 380. The Morgan fingerprint density at radius 1 is 1.11 bits per heavy atom. The summed E-state index contributed by atoms with van der Waals surface area (Å²) in [6, 6.07) is 5.03. The molecule has 0 spiro atoms. The van der Waals surface area contributed by atoms with Crippen LogP contribution in [0.4, 0.5) is 13.2 Å². The van der Waals surface area contributed by atoms with E-state index in [0.717, 1.165) is 43.6 Å². The summed E-state index contributed by atoms with van der Waals surface area (Å²) < 4.78 is 37.3. The van der Waals surface area contributed by atoms with E-state index >= 15 is 0 Å². The van der Waals surface area contributed by atoms with E-state index in [-0.39, 0.29) is 6.04 Å². The van der Waals surface area contributed by atoms with Crippen molar-refractivity contribution in [2.24, 2.45) is 11.7 Å². The molecule has 1 aliphatic heterocycles. The summed E-state index contributed by atoms with van der Waals surface area (Å²) in [5, 5.41) is 3.25. The monoisotopic (exact) mass is 258 g/mol. The number of alkyl halides is 3. The maximum atomic E-state index is 12.4. The lowest BCUT2D eigenvalue weighted by atomic mass is 9.86. The summed E-state index contributed by atoms with van der Waals surface area (Å²) >= 11 is 0. The fourth-order valence-electron chi connectivity index (χ4n) is 2.37. The summed E-state index contributed by atoms with van der Waals surface area (Å²) in [5.41, 5.74) is 6.29. The minimum absolute atomic E-state index is 0.172. The van der Waals surface area contributed by atoms with Gasteiger partial charge in [0.15, 0.2) is 0 Å². The van der Waals surface area contributed by atoms with Gasteiger partial charge in [-0.1, -0.05) is 12.1 Å². The molecular weight excluding hydrogens is 241 g/mol. The molecular formula is C13H17F3N2. The molecule has 1 aliphatic rings. The van der Waals surface area contributed by atoms with Crippen molar-refractivity contribution < 1.29 is 13.2 Å². The number of hydrogen-bond donors (Lipinski definition) is 2. The van der Waals surface area contributed by atoms with Gasteiger partial charge in [-0.15, -0.1) is 0 Å². The zero-order valence-electron chi connectivity index (χ0n) is 10.0. The van der Waals surface area contributed by atoms with Gasteiger partial charge in [-0.05, 0) is 49.5 Å². The minimum atomic E-state index is -4.28. The Morgan fingerprint density at radius 2 is 1.67 bits per heavy atom. The number of rotatable bonds is 2. The standard InChI is InChI=1S/C13H17F3N2/c14-13(15,16)11-3-1-9(2-4-11)12(17)10-5-7-18-8-6-10/h1-4,10,12,18H,5-8,17H2/t12-/m0/s1. The highest BCUT2D eigenvalue weighted by Crippen LogP contribution is 2.31. The first-order valence-electron chi connectivity index (χ1n) is 6.12. The molecule has 1 aromatic rings. The number of piperidine rings is 1. The molecule has 2 rings (SSSR count). The van der Waals surface area contributed by atoms with Crippen LogP contribution in [0.2, 0.25) is 0 Å². The molecule has 0 amide bonds. The molecule has 1 atom stereocenters. The van der Waals surface area contributed by atoms with Crippen molar-refractivity contribution in [3.63, 3.8) is 0 Å². The van der Waals surface area contributed by atoms with Crippen LogP contribution in [0.5, 0.6) is 0 Å². The van der Waals surface area contributed by atoms with Crippen molar-refractivity contribution in [3.8, 4) is 0 Å². The Morgan fingerprint density at radius 3 is 2.17 bits per heavy atom. The maximum absolute atomic E-state index is 12.4. The van der Waals surface area contributed by atoms with E-state index in [1.165, 1.54) is 12.1 Å². The highest BCUT2D eigenvalue weighted by atomic mass is 19.4. The number of halogens is 3. The normalized spacial score (nSPS) is 19.8. The number of hydrogen-bond acceptors (Lipinski definition) is 2. The van der Waals surface area contributed by atoms with E-state index < -0.39 is 11.7 Å². The van der Waals surface area contributed by atoms with Crippen LogP contribution < -0.4 is 11.1 Å². The van der Waals surface area contributed by atoms with Gasteiger partial charge in [-0.3, -0.25) is 0 Å². The third kappa shape index (κ3) is 3.03. The minimum Gasteiger partial charge on any atom is -0.324 e. The van der Waals surface area contributed by atoms with Crippen LogP contribution in [-0.2, 0) is 6.18 Å². The topological polar surface area (TPSA) is 38.0 Å². The fourth-order valence-corrected chi connectivity index (χ4v) is 2.37. The van der Waals surface area contributed by atoms with Gasteiger partial charge < -0.3 is 11.1 Å². The Hall–Kier alpha value is -1.07. The van der Waals surface area contributed by atoms with Crippen molar-refractivity contribution in [1.29, 1.82) is 0 Å². The van der Waals surface area contributed by atoms with Crippen LogP contribution in [0, 0.1) is 5.92 Å². The lowest BCUT2D eigenvalue weighted by Gasteiger charge is -2.28. The SMILES string of the molecule is N[C@@H](c1ccc(C(F)(F)F)cc1)C1CCNCC1. The molecule has 0 bridgehead atoms. The highest BCUT2D eigenvalue weighted by Gasteiger charge is 2.30. The second-order valence-corrected chi connectivity index (χ2v) is 4.73. The van der Waals surface area contributed by atoms with Crippen LogP contribution in [-0.4, -0.2) is 13.1 Å². The molecule has 100 valence electrons. The van der Waals surface area contributed by atoms with Crippen molar-refractivity contribution >= 4 is 0 Å². The van der Waals surface area contributed by atoms with Gasteiger partial charge in [0.1, 0.15) is 0 Å². The van der Waals surface area contributed by atoms with Crippen molar-refractivity contribution in [2.45, 2.75) is 25.1 Å². The molecule has 0 unspecified atom stereocenters. The summed E-state index contributed by atoms with van der Waals surface area (Å²) in [4.78, 5) is 0. The van der Waals surface area contributed by atoms with Crippen molar-refractivity contribution in [3.05, 3.63) is 35.4 Å². The molecule has 1 fully saturated rings. The van der Waals surface area contributed by atoms with Crippen molar-refractivity contribution in [2.75, 3.05) is 13.1 Å². The zero-order chi connectivity index (χ0) is 13.2. The second kappa shape index (κ2) is 5.28. The quantitative estimate of drug-likeness (QED) is 0.856. The molecule has 0 aliphatic carbocycles. The second-order valence-electron chi connectivity index (χ2n) is 4.73. The largest absolute Gasteiger partial charge is 0.416 e. The van der Waals surface area contributed by atoms with Crippen LogP contribution in [0.15, 0.2) is 24.3 Å². The first-order chi connectivity index (χ1) is 8.48. The molecule has 0 saturated carbocycles. The summed E-state index contributed by atoms with van der Waals surface area (Å²) in [6.07, 6.45) is -2.33. The molecule has 2 nitrogen and oxygen atoms in total. The predicted molar refractivity (Wildman–Crippen MR) is 64.0 cm³/mol. The van der Waals surface area contributed by atoms with Gasteiger partial charge in [0.05, 0.1) is 5.56 Å². The summed E-state index contributed by atoms with van der Waals surface area (Å²) in [5.74, 6) is 0.350. The number of nitrogens with one attached hydrogen (secondary N) is 1. The van der Waals surface area contributed by atoms with E-state index in [1.54, 1.807) is 0 Å². The van der Waals surface area contributed by atoms with Crippen molar-refractivity contribution in [1.82, 2.24) is 5.32 Å². The molecule has 1 saturated heterocycles. The smallest absolute Gasteiger partial charge is 0.324 e. The molecule has 5 heteroatoms. The van der Waals surface area contributed by atoms with Gasteiger partial charge in [-0.25, -0.2) is 0 Å². The van der Waals surface area contributed by atoms with Crippen LogP contribution in [0.25, 0.3) is 0 Å². The van der Waals surface area contributed by atoms with Gasteiger partial charge in [0.25, 0.3) is 0 Å². The van der Waals surface area contributed by atoms with E-state index in [2.05, 4.69) is 5.32 Å². The number of nitrogens with two attached hydrogens (primary N) is 1. The molecule has 1 heterocycles.